The first kappa shape index (κ1) is 12.1. The minimum Gasteiger partial charge on any atom is -0.377 e. The van der Waals surface area contributed by atoms with Crippen LogP contribution in [0.3, 0.4) is 0 Å². The lowest BCUT2D eigenvalue weighted by Gasteiger charge is -1.97. The Bertz CT molecular complexity index is 681. The minimum atomic E-state index is 0.340. The van der Waals surface area contributed by atoms with E-state index in [2.05, 4.69) is 30.1 Å². The van der Waals surface area contributed by atoms with E-state index in [-0.39, 0.29) is 0 Å². The van der Waals surface area contributed by atoms with Gasteiger partial charge < -0.3 is 14.2 Å². The predicted molar refractivity (Wildman–Crippen MR) is 66.3 cm³/mol. The quantitative estimate of drug-likeness (QED) is 0.548. The first-order chi connectivity index (χ1) is 9.36. The summed E-state index contributed by atoms with van der Waals surface area (Å²) < 4.78 is 10.0. The molecule has 0 radical (unpaired) electrons. The van der Waals surface area contributed by atoms with Gasteiger partial charge in [-0.1, -0.05) is 16.9 Å². The number of ether oxygens (including phenoxy) is 1. The first-order valence-corrected chi connectivity index (χ1v) is 6.42. The maximum atomic E-state index is 5.10. The number of hydrogen-bond donors (Lipinski definition) is 1. The van der Waals surface area contributed by atoms with Crippen LogP contribution in [-0.2, 0) is 17.1 Å². The number of fused-ring (bicyclic) bond motifs is 1. The van der Waals surface area contributed by atoms with E-state index < -0.39 is 0 Å². The lowest BCUT2D eigenvalue weighted by Crippen LogP contribution is -1.90. The Labute approximate surface area is 112 Å². The third-order valence-corrected chi connectivity index (χ3v) is 3.28. The van der Waals surface area contributed by atoms with Crippen molar-refractivity contribution in [2.24, 2.45) is 0 Å². The topological polar surface area (TPSA) is 103 Å². The third-order valence-electron chi connectivity index (χ3n) is 2.30. The molecular weight excluding hydrogens is 268 g/mol. The first-order valence-electron chi connectivity index (χ1n) is 5.44. The SMILES string of the molecule is COCc1noc(CSc2ncnc3nc[nH]c23)n1. The molecule has 0 aliphatic carbocycles. The van der Waals surface area contributed by atoms with Crippen molar-refractivity contribution in [1.29, 1.82) is 0 Å². The molecule has 0 unspecified atom stereocenters. The van der Waals surface area contributed by atoms with Gasteiger partial charge in [-0.15, -0.1) is 0 Å². The van der Waals surface area contributed by atoms with E-state index in [1.807, 2.05) is 0 Å². The van der Waals surface area contributed by atoms with E-state index >= 15 is 0 Å². The lowest BCUT2D eigenvalue weighted by atomic mass is 10.6. The summed E-state index contributed by atoms with van der Waals surface area (Å²) in [6.07, 6.45) is 3.07. The number of aromatic nitrogens is 6. The highest BCUT2D eigenvalue weighted by atomic mass is 32.2. The standard InChI is InChI=1S/C10H10N6O2S/c1-17-2-6-15-7(18-16-6)3-19-10-8-9(12-4-11-8)13-5-14-10/h4-5H,2-3H2,1H3,(H,11,12,13,14). The van der Waals surface area contributed by atoms with Gasteiger partial charge in [0.25, 0.3) is 0 Å². The van der Waals surface area contributed by atoms with Gasteiger partial charge in [0.2, 0.25) is 5.89 Å². The molecular formula is C10H10N6O2S. The van der Waals surface area contributed by atoms with Crippen LogP contribution in [0.1, 0.15) is 11.7 Å². The maximum absolute atomic E-state index is 5.10. The number of thioether (sulfide) groups is 1. The predicted octanol–water partition coefficient (Wildman–Crippen LogP) is 1.17. The van der Waals surface area contributed by atoms with Crippen LogP contribution in [0.5, 0.6) is 0 Å². The second-order valence-electron chi connectivity index (χ2n) is 3.61. The van der Waals surface area contributed by atoms with Gasteiger partial charge in [-0.05, 0) is 0 Å². The van der Waals surface area contributed by atoms with E-state index in [0.717, 1.165) is 10.5 Å². The van der Waals surface area contributed by atoms with Gasteiger partial charge in [-0.3, -0.25) is 0 Å². The van der Waals surface area contributed by atoms with Crippen LogP contribution in [-0.4, -0.2) is 37.2 Å². The van der Waals surface area contributed by atoms with Crippen molar-refractivity contribution in [3.05, 3.63) is 24.4 Å². The highest BCUT2D eigenvalue weighted by molar-refractivity contribution is 7.98. The number of imidazole rings is 1. The average molecular weight is 278 g/mol. The maximum Gasteiger partial charge on any atom is 0.237 e. The van der Waals surface area contributed by atoms with Gasteiger partial charge in [-0.2, -0.15) is 4.98 Å². The molecule has 3 aromatic rings. The normalized spacial score (nSPS) is 11.2. The largest absolute Gasteiger partial charge is 0.377 e. The number of methoxy groups -OCH3 is 1. The molecule has 3 rings (SSSR count). The molecule has 8 nitrogen and oxygen atoms in total. The zero-order chi connectivity index (χ0) is 13.1. The molecule has 0 aliphatic rings. The Balaban J connectivity index is 1.73. The Morgan fingerprint density at radius 3 is 3.21 bits per heavy atom. The fourth-order valence-corrected chi connectivity index (χ4v) is 2.31. The van der Waals surface area contributed by atoms with Crippen molar-refractivity contribution in [2.45, 2.75) is 17.4 Å². The molecule has 19 heavy (non-hydrogen) atoms. The van der Waals surface area contributed by atoms with Crippen LogP contribution < -0.4 is 0 Å². The molecule has 0 aromatic carbocycles. The van der Waals surface area contributed by atoms with Gasteiger partial charge in [0.05, 0.1) is 12.1 Å². The van der Waals surface area contributed by atoms with Crippen molar-refractivity contribution >= 4 is 22.9 Å². The highest BCUT2D eigenvalue weighted by Gasteiger charge is 2.10. The fraction of sp³-hybridized carbons (Fsp3) is 0.300. The Morgan fingerprint density at radius 1 is 1.37 bits per heavy atom. The van der Waals surface area contributed by atoms with Crippen LogP contribution in [0.4, 0.5) is 0 Å². The van der Waals surface area contributed by atoms with Crippen LogP contribution in [0, 0.1) is 0 Å². The molecule has 3 aromatic heterocycles. The van der Waals surface area contributed by atoms with Crippen LogP contribution in [0.25, 0.3) is 11.2 Å². The smallest absolute Gasteiger partial charge is 0.237 e. The van der Waals surface area contributed by atoms with E-state index in [1.165, 1.54) is 18.1 Å². The summed E-state index contributed by atoms with van der Waals surface area (Å²) in [4.78, 5) is 19.5. The van der Waals surface area contributed by atoms with Crippen LogP contribution >= 0.6 is 11.8 Å². The molecule has 0 atom stereocenters. The van der Waals surface area contributed by atoms with Crippen molar-refractivity contribution in [3.63, 3.8) is 0 Å². The van der Waals surface area contributed by atoms with E-state index in [0.29, 0.717) is 29.7 Å². The van der Waals surface area contributed by atoms with E-state index in [4.69, 9.17) is 9.26 Å². The van der Waals surface area contributed by atoms with Gasteiger partial charge in [0.1, 0.15) is 23.5 Å². The van der Waals surface area contributed by atoms with Crippen molar-refractivity contribution in [1.82, 2.24) is 30.1 Å². The summed E-state index contributed by atoms with van der Waals surface area (Å²) in [5.41, 5.74) is 1.45. The highest BCUT2D eigenvalue weighted by Crippen LogP contribution is 2.24. The molecule has 9 heteroatoms. The summed E-state index contributed by atoms with van der Waals surface area (Å²) in [5.74, 6) is 1.60. The lowest BCUT2D eigenvalue weighted by molar-refractivity contribution is 0.174. The van der Waals surface area contributed by atoms with Gasteiger partial charge in [0, 0.05) is 7.11 Å². The number of H-pyrrole nitrogens is 1. The molecule has 0 bridgehead atoms. The van der Waals surface area contributed by atoms with Gasteiger partial charge in [0.15, 0.2) is 11.5 Å². The van der Waals surface area contributed by atoms with Crippen molar-refractivity contribution < 1.29 is 9.26 Å². The third kappa shape index (κ3) is 2.56. The number of aromatic amines is 1. The number of hydrogen-bond acceptors (Lipinski definition) is 8. The number of nitrogens with one attached hydrogen (secondary N) is 1. The molecule has 0 amide bonds. The zero-order valence-corrected chi connectivity index (χ0v) is 10.8. The number of rotatable bonds is 5. The summed E-state index contributed by atoms with van der Waals surface area (Å²) >= 11 is 1.48. The average Bonchev–Trinajstić information content (AvgIpc) is 3.05. The Kier molecular flexibility index (Phi) is 3.38. The van der Waals surface area contributed by atoms with Gasteiger partial charge in [-0.25, -0.2) is 15.0 Å². The van der Waals surface area contributed by atoms with Crippen LogP contribution in [0.15, 0.2) is 22.2 Å². The second kappa shape index (κ2) is 5.33. The summed E-state index contributed by atoms with van der Waals surface area (Å²) in [5, 5.41) is 4.59. The Morgan fingerprint density at radius 2 is 2.32 bits per heavy atom. The van der Waals surface area contributed by atoms with E-state index in [9.17, 15) is 0 Å². The molecule has 0 fully saturated rings. The molecule has 0 aliphatic heterocycles. The molecule has 98 valence electrons. The van der Waals surface area contributed by atoms with Crippen molar-refractivity contribution in [2.75, 3.05) is 7.11 Å². The second-order valence-corrected chi connectivity index (χ2v) is 4.57. The van der Waals surface area contributed by atoms with Gasteiger partial charge >= 0.3 is 0 Å². The molecule has 0 saturated heterocycles. The summed E-state index contributed by atoms with van der Waals surface area (Å²) in [6.45, 7) is 0.340. The molecule has 0 saturated carbocycles. The molecule has 3 heterocycles. The van der Waals surface area contributed by atoms with E-state index in [1.54, 1.807) is 13.4 Å². The summed E-state index contributed by atoms with van der Waals surface area (Å²) in [6, 6.07) is 0. The molecule has 1 N–H and O–H groups in total. The number of nitrogens with zero attached hydrogens (tertiary/aromatic N) is 5. The van der Waals surface area contributed by atoms with Crippen molar-refractivity contribution in [3.8, 4) is 0 Å². The fourth-order valence-electron chi connectivity index (χ4n) is 1.52. The van der Waals surface area contributed by atoms with Crippen LogP contribution in [0.2, 0.25) is 0 Å². The molecule has 0 spiro atoms. The zero-order valence-electron chi connectivity index (χ0n) is 10.0. The minimum absolute atomic E-state index is 0.340. The Hall–Kier alpha value is -2.00. The monoisotopic (exact) mass is 278 g/mol. The summed E-state index contributed by atoms with van der Waals surface area (Å²) in [7, 11) is 1.58.